The lowest BCUT2D eigenvalue weighted by molar-refractivity contribution is 0.720. The molecule has 5 nitrogen and oxygen atoms in total. The van der Waals surface area contributed by atoms with Crippen LogP contribution in [0.15, 0.2) is 29.4 Å². The van der Waals surface area contributed by atoms with Gasteiger partial charge >= 0.3 is 0 Å². The quantitative estimate of drug-likeness (QED) is 0.490. The normalized spacial score (nSPS) is 11.2. The zero-order valence-electron chi connectivity index (χ0n) is 13.0. The number of aryl methyl sites for hydroxylation is 1. The van der Waals surface area contributed by atoms with Crippen LogP contribution in [0.4, 0.5) is 0 Å². The van der Waals surface area contributed by atoms with Gasteiger partial charge in [-0.1, -0.05) is 29.3 Å². The van der Waals surface area contributed by atoms with Crippen LogP contribution in [0.25, 0.3) is 5.69 Å². The SMILES string of the molecule is Cc1nn(-c2cccc(Cl)c2)c(Cl)c1C=NNC(=S)NC(C)C. The predicted octanol–water partition coefficient (Wildman–Crippen LogP) is 3.69. The van der Waals surface area contributed by atoms with E-state index in [-0.39, 0.29) is 6.04 Å². The molecule has 2 N–H and O–H groups in total. The number of hydrazone groups is 1. The number of nitrogens with one attached hydrogen (secondary N) is 2. The van der Waals surface area contributed by atoms with Gasteiger partial charge in [-0.3, -0.25) is 5.43 Å². The van der Waals surface area contributed by atoms with Crippen LogP contribution in [0, 0.1) is 6.92 Å². The molecule has 0 spiro atoms. The summed E-state index contributed by atoms with van der Waals surface area (Å²) < 4.78 is 1.62. The average Bonchev–Trinajstić information content (AvgIpc) is 2.74. The van der Waals surface area contributed by atoms with Crippen LogP contribution in [0.2, 0.25) is 10.2 Å². The minimum Gasteiger partial charge on any atom is -0.359 e. The maximum Gasteiger partial charge on any atom is 0.187 e. The summed E-state index contributed by atoms with van der Waals surface area (Å²) in [5.74, 6) is 0. The molecule has 0 aliphatic carbocycles. The van der Waals surface area contributed by atoms with E-state index in [4.69, 9.17) is 35.4 Å². The van der Waals surface area contributed by atoms with Crippen molar-refractivity contribution in [1.29, 1.82) is 0 Å². The standard InChI is InChI=1S/C15H17Cl2N5S/c1-9(2)19-15(23)20-18-8-13-10(3)21-22(14(13)17)12-6-4-5-11(16)7-12/h4-9H,1-3H3,(H2,19,20,23). The molecule has 1 aromatic heterocycles. The Balaban J connectivity index is 2.20. The zero-order chi connectivity index (χ0) is 17.0. The first kappa shape index (κ1) is 17.7. The first-order valence-corrected chi connectivity index (χ1v) is 8.15. The smallest absolute Gasteiger partial charge is 0.187 e. The molecule has 0 aliphatic heterocycles. The molecule has 8 heteroatoms. The summed E-state index contributed by atoms with van der Waals surface area (Å²) in [7, 11) is 0. The molecule has 0 bridgehead atoms. The summed E-state index contributed by atoms with van der Waals surface area (Å²) in [6, 6.07) is 7.55. The van der Waals surface area contributed by atoms with Crippen LogP contribution in [0.1, 0.15) is 25.1 Å². The minimum atomic E-state index is 0.237. The van der Waals surface area contributed by atoms with Gasteiger partial charge in [0, 0.05) is 11.1 Å². The van der Waals surface area contributed by atoms with E-state index in [1.165, 1.54) is 0 Å². The summed E-state index contributed by atoms with van der Waals surface area (Å²) in [6.07, 6.45) is 1.60. The van der Waals surface area contributed by atoms with E-state index >= 15 is 0 Å². The van der Waals surface area contributed by atoms with Gasteiger partial charge in [0.1, 0.15) is 5.15 Å². The second-order valence-electron chi connectivity index (χ2n) is 5.18. The van der Waals surface area contributed by atoms with Crippen molar-refractivity contribution in [3.8, 4) is 5.69 Å². The van der Waals surface area contributed by atoms with Crippen molar-refractivity contribution in [2.24, 2.45) is 5.10 Å². The Morgan fingerprint density at radius 1 is 1.39 bits per heavy atom. The van der Waals surface area contributed by atoms with Crippen LogP contribution < -0.4 is 10.7 Å². The minimum absolute atomic E-state index is 0.237. The second-order valence-corrected chi connectivity index (χ2v) is 6.38. The van der Waals surface area contributed by atoms with Gasteiger partial charge in [-0.15, -0.1) is 0 Å². The topological polar surface area (TPSA) is 54.2 Å². The van der Waals surface area contributed by atoms with Gasteiger partial charge in [0.2, 0.25) is 0 Å². The van der Waals surface area contributed by atoms with Crippen molar-refractivity contribution < 1.29 is 0 Å². The molecule has 0 aliphatic rings. The maximum absolute atomic E-state index is 6.41. The lowest BCUT2D eigenvalue weighted by atomic mass is 10.3. The molecule has 1 heterocycles. The molecule has 1 aromatic carbocycles. The van der Waals surface area contributed by atoms with Crippen LogP contribution in [-0.2, 0) is 0 Å². The largest absolute Gasteiger partial charge is 0.359 e. The van der Waals surface area contributed by atoms with Crippen LogP contribution in [0.5, 0.6) is 0 Å². The summed E-state index contributed by atoms with van der Waals surface area (Å²) in [5, 5.41) is 13.1. The molecule has 0 saturated heterocycles. The summed E-state index contributed by atoms with van der Waals surface area (Å²) >= 11 is 17.5. The third-order valence-corrected chi connectivity index (χ3v) is 3.69. The van der Waals surface area contributed by atoms with E-state index in [0.717, 1.165) is 11.4 Å². The molecule has 2 rings (SSSR count). The molecular weight excluding hydrogens is 353 g/mol. The highest BCUT2D eigenvalue weighted by atomic mass is 35.5. The number of nitrogens with zero attached hydrogens (tertiary/aromatic N) is 3. The predicted molar refractivity (Wildman–Crippen MR) is 99.9 cm³/mol. The fourth-order valence-corrected chi connectivity index (χ4v) is 2.68. The number of hydrogen-bond acceptors (Lipinski definition) is 3. The Morgan fingerprint density at radius 2 is 2.13 bits per heavy atom. The summed E-state index contributed by atoms with van der Waals surface area (Å²) in [4.78, 5) is 0. The third kappa shape index (κ3) is 4.67. The van der Waals surface area contributed by atoms with Crippen LogP contribution in [0.3, 0.4) is 0 Å². The Morgan fingerprint density at radius 3 is 2.78 bits per heavy atom. The van der Waals surface area contributed by atoms with Crippen molar-refractivity contribution in [3.05, 3.63) is 45.7 Å². The van der Waals surface area contributed by atoms with Crippen molar-refractivity contribution in [1.82, 2.24) is 20.5 Å². The van der Waals surface area contributed by atoms with Gasteiger partial charge in [0.25, 0.3) is 0 Å². The van der Waals surface area contributed by atoms with Gasteiger partial charge in [-0.2, -0.15) is 10.2 Å². The number of thiocarbonyl (C=S) groups is 1. The molecule has 23 heavy (non-hydrogen) atoms. The van der Waals surface area contributed by atoms with E-state index in [0.29, 0.717) is 20.9 Å². The van der Waals surface area contributed by atoms with Crippen LogP contribution >= 0.6 is 35.4 Å². The molecule has 0 saturated carbocycles. The Bertz CT molecular complexity index is 739. The molecule has 0 fully saturated rings. The van der Waals surface area contributed by atoms with E-state index in [1.54, 1.807) is 23.0 Å². The number of rotatable bonds is 4. The van der Waals surface area contributed by atoms with E-state index < -0.39 is 0 Å². The Kier molecular flexibility index (Phi) is 5.98. The lowest BCUT2D eigenvalue weighted by Gasteiger charge is -2.09. The first-order chi connectivity index (χ1) is 10.9. The van der Waals surface area contributed by atoms with Crippen molar-refractivity contribution in [3.63, 3.8) is 0 Å². The van der Waals surface area contributed by atoms with E-state index in [9.17, 15) is 0 Å². The maximum atomic E-state index is 6.41. The van der Waals surface area contributed by atoms with Gasteiger partial charge < -0.3 is 5.32 Å². The van der Waals surface area contributed by atoms with Crippen LogP contribution in [-0.4, -0.2) is 27.1 Å². The molecule has 0 amide bonds. The van der Waals surface area contributed by atoms with Crippen molar-refractivity contribution in [2.45, 2.75) is 26.8 Å². The van der Waals surface area contributed by atoms with E-state index in [1.807, 2.05) is 32.9 Å². The Hall–Kier alpha value is -1.63. The fourth-order valence-electron chi connectivity index (χ4n) is 1.89. The first-order valence-electron chi connectivity index (χ1n) is 6.99. The van der Waals surface area contributed by atoms with Crippen molar-refractivity contribution in [2.75, 3.05) is 0 Å². The average molecular weight is 370 g/mol. The lowest BCUT2D eigenvalue weighted by Crippen LogP contribution is -2.36. The fraction of sp³-hybridized carbons (Fsp3) is 0.267. The summed E-state index contributed by atoms with van der Waals surface area (Å²) in [6.45, 7) is 5.85. The number of benzene rings is 1. The van der Waals surface area contributed by atoms with Gasteiger partial charge in [0.15, 0.2) is 5.11 Å². The Labute approximate surface area is 150 Å². The highest BCUT2D eigenvalue weighted by Crippen LogP contribution is 2.23. The monoisotopic (exact) mass is 369 g/mol. The third-order valence-electron chi connectivity index (χ3n) is 2.88. The molecule has 0 unspecified atom stereocenters. The van der Waals surface area contributed by atoms with Gasteiger partial charge in [0.05, 0.1) is 23.2 Å². The molecule has 0 atom stereocenters. The number of halogens is 2. The zero-order valence-corrected chi connectivity index (χ0v) is 15.3. The highest BCUT2D eigenvalue weighted by Gasteiger charge is 2.13. The van der Waals surface area contributed by atoms with Gasteiger partial charge in [-0.25, -0.2) is 4.68 Å². The molecule has 2 aromatic rings. The number of hydrogen-bond donors (Lipinski definition) is 2. The summed E-state index contributed by atoms with van der Waals surface area (Å²) in [5.41, 5.74) is 5.00. The number of aromatic nitrogens is 2. The molecule has 0 radical (unpaired) electrons. The van der Waals surface area contributed by atoms with Gasteiger partial charge in [-0.05, 0) is 51.2 Å². The van der Waals surface area contributed by atoms with Crippen molar-refractivity contribution >= 4 is 46.7 Å². The molecular formula is C15H17Cl2N5S. The van der Waals surface area contributed by atoms with E-state index in [2.05, 4.69) is 20.9 Å². The highest BCUT2D eigenvalue weighted by molar-refractivity contribution is 7.80. The second kappa shape index (κ2) is 7.77. The molecule has 122 valence electrons.